The third-order valence-electron chi connectivity index (χ3n) is 3.22. The van der Waals surface area contributed by atoms with Gasteiger partial charge >= 0.3 is 0 Å². The van der Waals surface area contributed by atoms with E-state index in [-0.39, 0.29) is 0 Å². The predicted molar refractivity (Wildman–Crippen MR) is 84.6 cm³/mol. The minimum atomic E-state index is 0.564. The summed E-state index contributed by atoms with van der Waals surface area (Å²) >= 11 is 5.85. The zero-order valence-corrected chi connectivity index (χ0v) is 12.7. The van der Waals surface area contributed by atoms with Crippen LogP contribution in [0.1, 0.15) is 16.7 Å². The minimum absolute atomic E-state index is 0.564. The van der Waals surface area contributed by atoms with Gasteiger partial charge in [-0.3, -0.25) is 0 Å². The van der Waals surface area contributed by atoms with Gasteiger partial charge in [0.2, 0.25) is 0 Å². The van der Waals surface area contributed by atoms with Crippen LogP contribution in [-0.4, -0.2) is 13.7 Å². The van der Waals surface area contributed by atoms with Gasteiger partial charge in [0.1, 0.15) is 11.8 Å². The lowest BCUT2D eigenvalue weighted by atomic mass is 10.1. The highest BCUT2D eigenvalue weighted by molar-refractivity contribution is 6.30. The molecule has 0 radical (unpaired) electrons. The summed E-state index contributed by atoms with van der Waals surface area (Å²) in [6.45, 7) is 1.60. The van der Waals surface area contributed by atoms with Crippen molar-refractivity contribution < 1.29 is 4.74 Å². The van der Waals surface area contributed by atoms with Crippen LogP contribution in [0.3, 0.4) is 0 Å². The van der Waals surface area contributed by atoms with E-state index in [4.69, 9.17) is 21.6 Å². The SMILES string of the molecule is COc1ccc(CNCCc2ccc(Cl)cc2)cc1C#N. The van der Waals surface area contributed by atoms with Gasteiger partial charge in [-0.1, -0.05) is 29.8 Å². The third kappa shape index (κ3) is 4.49. The van der Waals surface area contributed by atoms with Crippen LogP contribution in [0.2, 0.25) is 5.02 Å². The van der Waals surface area contributed by atoms with Gasteiger partial charge in [-0.2, -0.15) is 5.26 Å². The number of halogens is 1. The number of rotatable bonds is 6. The van der Waals surface area contributed by atoms with Crippen LogP contribution < -0.4 is 10.1 Å². The summed E-state index contributed by atoms with van der Waals surface area (Å²) < 4.78 is 5.13. The van der Waals surface area contributed by atoms with Crippen LogP contribution in [0.4, 0.5) is 0 Å². The van der Waals surface area contributed by atoms with Crippen molar-refractivity contribution in [3.05, 3.63) is 64.2 Å². The van der Waals surface area contributed by atoms with Gasteiger partial charge < -0.3 is 10.1 Å². The maximum atomic E-state index is 9.06. The highest BCUT2D eigenvalue weighted by atomic mass is 35.5. The molecule has 0 atom stereocenters. The first kappa shape index (κ1) is 15.4. The Hall–Kier alpha value is -2.02. The molecule has 0 unspecified atom stereocenters. The maximum Gasteiger partial charge on any atom is 0.136 e. The van der Waals surface area contributed by atoms with E-state index in [1.54, 1.807) is 7.11 Å². The molecule has 0 aliphatic heterocycles. The molecule has 1 N–H and O–H groups in total. The molecule has 0 bridgehead atoms. The summed E-state index contributed by atoms with van der Waals surface area (Å²) in [5.74, 6) is 0.613. The van der Waals surface area contributed by atoms with Gasteiger partial charge in [0, 0.05) is 11.6 Å². The van der Waals surface area contributed by atoms with Gasteiger partial charge in [0.15, 0.2) is 0 Å². The van der Waals surface area contributed by atoms with Crippen molar-refractivity contribution >= 4 is 11.6 Å². The highest BCUT2D eigenvalue weighted by Gasteiger charge is 2.03. The molecule has 3 nitrogen and oxygen atoms in total. The smallest absolute Gasteiger partial charge is 0.136 e. The Bertz CT molecular complexity index is 632. The molecule has 0 saturated heterocycles. The second-order valence-corrected chi connectivity index (χ2v) is 5.14. The van der Waals surface area contributed by atoms with Crippen LogP contribution in [-0.2, 0) is 13.0 Å². The van der Waals surface area contributed by atoms with Crippen molar-refractivity contribution in [2.75, 3.05) is 13.7 Å². The number of hydrogen-bond donors (Lipinski definition) is 1. The van der Waals surface area contributed by atoms with Crippen molar-refractivity contribution in [2.24, 2.45) is 0 Å². The third-order valence-corrected chi connectivity index (χ3v) is 3.47. The monoisotopic (exact) mass is 300 g/mol. The lowest BCUT2D eigenvalue weighted by molar-refractivity contribution is 0.413. The maximum absolute atomic E-state index is 9.06. The number of methoxy groups -OCH3 is 1. The summed E-state index contributed by atoms with van der Waals surface area (Å²) in [5, 5.41) is 13.2. The molecule has 0 spiro atoms. The predicted octanol–water partition coefficient (Wildman–Crippen LogP) is 3.55. The summed E-state index contributed by atoms with van der Waals surface area (Å²) in [6, 6.07) is 15.7. The van der Waals surface area contributed by atoms with E-state index in [1.807, 2.05) is 42.5 Å². The molecule has 4 heteroatoms. The summed E-state index contributed by atoms with van der Waals surface area (Å²) in [4.78, 5) is 0. The molecule has 0 amide bonds. The fraction of sp³-hybridized carbons (Fsp3) is 0.235. The molecule has 2 rings (SSSR count). The molecule has 0 aliphatic carbocycles. The first-order valence-electron chi connectivity index (χ1n) is 6.75. The molecular formula is C17H17ClN2O. The first-order valence-corrected chi connectivity index (χ1v) is 7.13. The molecule has 2 aromatic carbocycles. The van der Waals surface area contributed by atoms with E-state index in [0.717, 1.165) is 30.1 Å². The largest absolute Gasteiger partial charge is 0.495 e. The van der Waals surface area contributed by atoms with Gasteiger partial charge in [-0.05, 0) is 48.4 Å². The normalized spacial score (nSPS) is 10.1. The first-order chi connectivity index (χ1) is 10.2. The van der Waals surface area contributed by atoms with Crippen molar-refractivity contribution in [2.45, 2.75) is 13.0 Å². The molecule has 21 heavy (non-hydrogen) atoms. The van der Waals surface area contributed by atoms with Gasteiger partial charge in [-0.15, -0.1) is 0 Å². The van der Waals surface area contributed by atoms with Gasteiger partial charge in [-0.25, -0.2) is 0 Å². The van der Waals surface area contributed by atoms with Gasteiger partial charge in [0.05, 0.1) is 12.7 Å². The van der Waals surface area contributed by atoms with E-state index in [9.17, 15) is 0 Å². The fourth-order valence-corrected chi connectivity index (χ4v) is 2.19. The van der Waals surface area contributed by atoms with E-state index in [2.05, 4.69) is 11.4 Å². The average molecular weight is 301 g/mol. The molecule has 0 heterocycles. The van der Waals surface area contributed by atoms with Crippen LogP contribution in [0.5, 0.6) is 5.75 Å². The fourth-order valence-electron chi connectivity index (χ4n) is 2.07. The van der Waals surface area contributed by atoms with Crippen molar-refractivity contribution in [3.8, 4) is 11.8 Å². The molecule has 0 saturated carbocycles. The molecule has 2 aromatic rings. The Labute approximate surface area is 130 Å². The van der Waals surface area contributed by atoms with Gasteiger partial charge in [0.25, 0.3) is 0 Å². The zero-order valence-electron chi connectivity index (χ0n) is 11.9. The number of nitrogens with zero attached hydrogens (tertiary/aromatic N) is 1. The zero-order chi connectivity index (χ0) is 15.1. The average Bonchev–Trinajstić information content (AvgIpc) is 2.53. The molecule has 0 aliphatic rings. The van der Waals surface area contributed by atoms with Crippen LogP contribution >= 0.6 is 11.6 Å². The van der Waals surface area contributed by atoms with E-state index in [1.165, 1.54) is 5.56 Å². The number of ether oxygens (including phenoxy) is 1. The number of nitrogens with one attached hydrogen (secondary N) is 1. The summed E-state index contributed by atoms with van der Waals surface area (Å²) in [7, 11) is 1.57. The Morgan fingerprint density at radius 3 is 2.52 bits per heavy atom. The van der Waals surface area contributed by atoms with Crippen LogP contribution in [0, 0.1) is 11.3 Å². The standard InChI is InChI=1S/C17H17ClN2O/c1-21-17-7-4-14(10-15(17)11-19)12-20-9-8-13-2-5-16(18)6-3-13/h2-7,10,20H,8-9,12H2,1H3. The molecular weight excluding hydrogens is 284 g/mol. The van der Waals surface area contributed by atoms with E-state index < -0.39 is 0 Å². The second-order valence-electron chi connectivity index (χ2n) is 4.70. The van der Waals surface area contributed by atoms with Crippen LogP contribution in [0.15, 0.2) is 42.5 Å². The lowest BCUT2D eigenvalue weighted by Gasteiger charge is -2.08. The molecule has 108 valence electrons. The summed E-state index contributed by atoms with van der Waals surface area (Å²) in [5.41, 5.74) is 2.89. The number of nitriles is 1. The quantitative estimate of drug-likeness (QED) is 0.830. The number of benzene rings is 2. The van der Waals surface area contributed by atoms with Crippen molar-refractivity contribution in [3.63, 3.8) is 0 Å². The summed E-state index contributed by atoms with van der Waals surface area (Å²) in [6.07, 6.45) is 0.943. The van der Waals surface area contributed by atoms with E-state index >= 15 is 0 Å². The molecule has 0 aromatic heterocycles. The van der Waals surface area contributed by atoms with Crippen molar-refractivity contribution in [1.82, 2.24) is 5.32 Å². The molecule has 0 fully saturated rings. The lowest BCUT2D eigenvalue weighted by Crippen LogP contribution is -2.16. The van der Waals surface area contributed by atoms with Crippen molar-refractivity contribution in [1.29, 1.82) is 5.26 Å². The Kier molecular flexibility index (Phi) is 5.62. The number of hydrogen-bond acceptors (Lipinski definition) is 3. The highest BCUT2D eigenvalue weighted by Crippen LogP contribution is 2.18. The Balaban J connectivity index is 1.83. The van der Waals surface area contributed by atoms with Crippen LogP contribution in [0.25, 0.3) is 0 Å². The Morgan fingerprint density at radius 1 is 1.14 bits per heavy atom. The van der Waals surface area contributed by atoms with E-state index in [0.29, 0.717) is 11.3 Å². The topological polar surface area (TPSA) is 45.0 Å². The Morgan fingerprint density at radius 2 is 1.86 bits per heavy atom. The minimum Gasteiger partial charge on any atom is -0.495 e. The second kappa shape index (κ2) is 7.68.